The first-order valence-corrected chi connectivity index (χ1v) is 11.9. The fourth-order valence-corrected chi connectivity index (χ4v) is 5.73. The maximum absolute atomic E-state index is 5.78. The Hall–Kier alpha value is -4.76. The van der Waals surface area contributed by atoms with E-state index in [2.05, 4.69) is 124 Å². The number of fused-ring (bicyclic) bond motifs is 8. The lowest BCUT2D eigenvalue weighted by Gasteiger charge is -2.10. The van der Waals surface area contributed by atoms with Crippen molar-refractivity contribution in [3.8, 4) is 11.4 Å². The molecule has 3 nitrogen and oxygen atoms in total. The number of para-hydroxylation sites is 3. The van der Waals surface area contributed by atoms with Crippen molar-refractivity contribution < 1.29 is 4.42 Å². The fraction of sp³-hybridized carbons (Fsp3) is 0. The summed E-state index contributed by atoms with van der Waals surface area (Å²) in [7, 11) is 0. The number of aromatic nitrogens is 2. The van der Waals surface area contributed by atoms with Gasteiger partial charge in [0.2, 0.25) is 0 Å². The van der Waals surface area contributed by atoms with Crippen LogP contribution in [0.4, 0.5) is 0 Å². The zero-order valence-corrected chi connectivity index (χ0v) is 18.8. The highest BCUT2D eigenvalue weighted by Gasteiger charge is 2.18. The second kappa shape index (κ2) is 6.87. The Morgan fingerprint density at radius 3 is 1.94 bits per heavy atom. The van der Waals surface area contributed by atoms with Gasteiger partial charge in [-0.3, -0.25) is 0 Å². The number of rotatable bonds is 2. The molecule has 0 saturated carbocycles. The van der Waals surface area contributed by atoms with Crippen molar-refractivity contribution in [2.75, 3.05) is 0 Å². The first-order chi connectivity index (χ1) is 17.4. The predicted molar refractivity (Wildman–Crippen MR) is 145 cm³/mol. The van der Waals surface area contributed by atoms with Crippen LogP contribution in [0.2, 0.25) is 0 Å². The zero-order chi connectivity index (χ0) is 22.9. The monoisotopic (exact) mass is 448 g/mol. The van der Waals surface area contributed by atoms with Gasteiger partial charge >= 0.3 is 0 Å². The number of benzene rings is 5. The predicted octanol–water partition coefficient (Wildman–Crippen LogP) is 8.63. The molecule has 0 aliphatic rings. The van der Waals surface area contributed by atoms with E-state index in [1.807, 2.05) is 0 Å². The Kier molecular flexibility index (Phi) is 3.66. The number of hydrogen-bond donors (Lipinski definition) is 0. The minimum atomic E-state index is 0.906. The SMILES string of the molecule is c1ccc(-n2c3ccccc3c3cc(-n4c5ccccc5c5ccc6occc6c54)ccc32)cc1. The average molecular weight is 449 g/mol. The van der Waals surface area contributed by atoms with Gasteiger partial charge in [-0.15, -0.1) is 0 Å². The first-order valence-electron chi connectivity index (χ1n) is 11.9. The molecule has 3 heterocycles. The summed E-state index contributed by atoms with van der Waals surface area (Å²) in [5.74, 6) is 0. The van der Waals surface area contributed by atoms with E-state index in [0.29, 0.717) is 0 Å². The van der Waals surface area contributed by atoms with Crippen LogP contribution in [0.5, 0.6) is 0 Å². The molecular weight excluding hydrogens is 428 g/mol. The molecule has 0 bridgehead atoms. The third-order valence-electron chi connectivity index (χ3n) is 7.19. The average Bonchev–Trinajstić information content (AvgIpc) is 3.61. The van der Waals surface area contributed by atoms with Crippen LogP contribution in [0, 0.1) is 0 Å². The van der Waals surface area contributed by atoms with Crippen molar-refractivity contribution >= 4 is 54.6 Å². The number of furan rings is 1. The lowest BCUT2D eigenvalue weighted by atomic mass is 10.1. The smallest absolute Gasteiger partial charge is 0.136 e. The molecule has 0 amide bonds. The second-order valence-corrected chi connectivity index (χ2v) is 9.04. The molecule has 0 spiro atoms. The minimum Gasteiger partial charge on any atom is -0.464 e. The summed E-state index contributed by atoms with van der Waals surface area (Å²) in [6, 6.07) is 41.1. The molecule has 35 heavy (non-hydrogen) atoms. The minimum absolute atomic E-state index is 0.906. The van der Waals surface area contributed by atoms with E-state index in [4.69, 9.17) is 4.42 Å². The molecule has 0 fully saturated rings. The van der Waals surface area contributed by atoms with E-state index in [9.17, 15) is 0 Å². The topological polar surface area (TPSA) is 23.0 Å². The summed E-state index contributed by atoms with van der Waals surface area (Å²) in [6.45, 7) is 0. The highest BCUT2D eigenvalue weighted by Crippen LogP contribution is 2.39. The first kappa shape index (κ1) is 18.6. The Morgan fingerprint density at radius 2 is 1.11 bits per heavy atom. The van der Waals surface area contributed by atoms with E-state index < -0.39 is 0 Å². The highest BCUT2D eigenvalue weighted by atomic mass is 16.3. The number of nitrogens with zero attached hydrogens (tertiary/aromatic N) is 2. The lowest BCUT2D eigenvalue weighted by Crippen LogP contribution is -1.95. The summed E-state index contributed by atoms with van der Waals surface area (Å²) in [5.41, 5.74) is 8.02. The molecule has 0 saturated heterocycles. The normalized spacial score (nSPS) is 12.0. The molecule has 3 heteroatoms. The summed E-state index contributed by atoms with van der Waals surface area (Å²) >= 11 is 0. The Morgan fingerprint density at radius 1 is 0.429 bits per heavy atom. The molecule has 0 aliphatic heterocycles. The quantitative estimate of drug-likeness (QED) is 0.259. The van der Waals surface area contributed by atoms with Crippen molar-refractivity contribution in [3.63, 3.8) is 0 Å². The van der Waals surface area contributed by atoms with Gasteiger partial charge in [-0.1, -0.05) is 54.6 Å². The zero-order valence-electron chi connectivity index (χ0n) is 18.8. The molecule has 0 N–H and O–H groups in total. The van der Waals surface area contributed by atoms with Gasteiger partial charge in [-0.2, -0.15) is 0 Å². The van der Waals surface area contributed by atoms with Gasteiger partial charge in [-0.05, 0) is 60.7 Å². The van der Waals surface area contributed by atoms with Crippen LogP contribution in [0.15, 0.2) is 126 Å². The van der Waals surface area contributed by atoms with Crippen molar-refractivity contribution in [2.45, 2.75) is 0 Å². The Labute approximate surface area is 201 Å². The van der Waals surface area contributed by atoms with Crippen LogP contribution in [-0.2, 0) is 0 Å². The van der Waals surface area contributed by atoms with E-state index >= 15 is 0 Å². The van der Waals surface area contributed by atoms with E-state index in [0.717, 1.165) is 16.7 Å². The second-order valence-electron chi connectivity index (χ2n) is 9.04. The Bertz CT molecular complexity index is 2050. The maximum atomic E-state index is 5.78. The van der Waals surface area contributed by atoms with Gasteiger partial charge in [0.25, 0.3) is 0 Å². The van der Waals surface area contributed by atoms with Crippen molar-refractivity contribution in [1.29, 1.82) is 0 Å². The molecule has 0 radical (unpaired) electrons. The molecule has 0 unspecified atom stereocenters. The van der Waals surface area contributed by atoms with Crippen LogP contribution in [0.3, 0.4) is 0 Å². The molecule has 5 aromatic carbocycles. The largest absolute Gasteiger partial charge is 0.464 e. The molecule has 0 atom stereocenters. The summed E-state index contributed by atoms with van der Waals surface area (Å²) in [4.78, 5) is 0. The van der Waals surface area contributed by atoms with Crippen LogP contribution < -0.4 is 0 Å². The van der Waals surface area contributed by atoms with Crippen LogP contribution in [0.25, 0.3) is 66.0 Å². The Balaban J connectivity index is 1.52. The van der Waals surface area contributed by atoms with Crippen LogP contribution in [-0.4, -0.2) is 9.13 Å². The van der Waals surface area contributed by atoms with Gasteiger partial charge < -0.3 is 13.6 Å². The third-order valence-corrected chi connectivity index (χ3v) is 7.19. The molecule has 164 valence electrons. The lowest BCUT2D eigenvalue weighted by molar-refractivity contribution is 0.616. The number of hydrogen-bond acceptors (Lipinski definition) is 1. The van der Waals surface area contributed by atoms with Gasteiger partial charge in [0.15, 0.2) is 0 Å². The summed E-state index contributed by atoms with van der Waals surface area (Å²) in [6.07, 6.45) is 1.78. The standard InChI is InChI=1S/C32H20N2O/c1-2-8-21(9-3-1)33-28-12-6-5-11-24(28)27-20-22(14-16-30(27)33)34-29-13-7-4-10-23(29)25-15-17-31-26(32(25)34)18-19-35-31/h1-20H. The van der Waals surface area contributed by atoms with E-state index in [1.54, 1.807) is 6.26 Å². The van der Waals surface area contributed by atoms with Crippen molar-refractivity contribution in [2.24, 2.45) is 0 Å². The van der Waals surface area contributed by atoms with Crippen molar-refractivity contribution in [3.05, 3.63) is 122 Å². The van der Waals surface area contributed by atoms with Gasteiger partial charge in [0.1, 0.15) is 5.58 Å². The van der Waals surface area contributed by atoms with Gasteiger partial charge in [-0.25, -0.2) is 0 Å². The molecule has 8 aromatic rings. The van der Waals surface area contributed by atoms with E-state index in [-0.39, 0.29) is 0 Å². The van der Waals surface area contributed by atoms with Gasteiger partial charge in [0, 0.05) is 38.3 Å². The maximum Gasteiger partial charge on any atom is 0.136 e. The van der Waals surface area contributed by atoms with Crippen LogP contribution in [0.1, 0.15) is 0 Å². The fourth-order valence-electron chi connectivity index (χ4n) is 5.73. The third kappa shape index (κ3) is 2.50. The molecular formula is C32H20N2O. The van der Waals surface area contributed by atoms with Gasteiger partial charge in [0.05, 0.1) is 28.3 Å². The summed E-state index contributed by atoms with van der Waals surface area (Å²) < 4.78 is 10.5. The van der Waals surface area contributed by atoms with Crippen LogP contribution >= 0.6 is 0 Å². The molecule has 8 rings (SSSR count). The summed E-state index contributed by atoms with van der Waals surface area (Å²) in [5, 5.41) is 6.11. The molecule has 0 aliphatic carbocycles. The van der Waals surface area contributed by atoms with E-state index in [1.165, 1.54) is 49.3 Å². The molecule has 3 aromatic heterocycles. The highest BCUT2D eigenvalue weighted by molar-refractivity contribution is 6.18. The van der Waals surface area contributed by atoms with Crippen molar-refractivity contribution in [1.82, 2.24) is 9.13 Å².